The molecule has 0 bridgehead atoms. The Morgan fingerprint density at radius 1 is 0.385 bits per heavy atom. The lowest BCUT2D eigenvalue weighted by Gasteiger charge is -2.12. The van der Waals surface area contributed by atoms with Crippen molar-refractivity contribution >= 4 is 65.3 Å². The fourth-order valence-electron chi connectivity index (χ4n) is 7.88. The number of furan rings is 1. The van der Waals surface area contributed by atoms with Gasteiger partial charge >= 0.3 is 0 Å². The van der Waals surface area contributed by atoms with E-state index in [0.29, 0.717) is 17.5 Å². The fraction of sp³-hybridized carbons (Fsp3) is 0. The molecule has 0 aliphatic carbocycles. The van der Waals surface area contributed by atoms with Crippen molar-refractivity contribution in [2.24, 2.45) is 0 Å². The number of hydrogen-bond acceptors (Lipinski definition) is 4. The van der Waals surface area contributed by atoms with E-state index < -0.39 is 0 Å². The Bertz CT molecular complexity index is 3190. The second kappa shape index (κ2) is 11.2. The van der Waals surface area contributed by atoms with Crippen LogP contribution in [0.25, 0.3) is 105 Å². The molecule has 8 aromatic carbocycles. The highest BCUT2D eigenvalue weighted by Crippen LogP contribution is 2.41. The molecule has 0 amide bonds. The van der Waals surface area contributed by atoms with E-state index in [2.05, 4.69) is 174 Å². The van der Waals surface area contributed by atoms with Gasteiger partial charge in [0.2, 0.25) is 0 Å². The van der Waals surface area contributed by atoms with Crippen molar-refractivity contribution in [1.82, 2.24) is 19.5 Å². The van der Waals surface area contributed by atoms with Gasteiger partial charge in [-0.15, -0.1) is 0 Å². The molecule has 0 saturated heterocycles. The first-order valence-electron chi connectivity index (χ1n) is 17.5. The molecule has 242 valence electrons. The maximum atomic E-state index is 6.68. The van der Waals surface area contributed by atoms with Gasteiger partial charge in [0.1, 0.15) is 11.2 Å². The standard InChI is InChI=1S/C47H28N4O/c1-2-17-32(18-3-1)51-40-25-9-8-20-36(40)43-37(23-12-26-41(43)51)46-48-45(35-22-10-16-29-13-6-7-19-33(29)35)49-47(50-46)38-24-11-21-34-39-27-30-14-4-5-15-31(30)28-42(39)52-44(34)38/h1-28H. The minimum absolute atomic E-state index is 0.561. The van der Waals surface area contributed by atoms with Gasteiger partial charge < -0.3 is 8.98 Å². The number of para-hydroxylation sites is 3. The molecule has 3 heterocycles. The second-order valence-corrected chi connectivity index (χ2v) is 13.2. The number of fused-ring (bicyclic) bond motifs is 8. The molecular weight excluding hydrogens is 637 g/mol. The van der Waals surface area contributed by atoms with Gasteiger partial charge in [-0.25, -0.2) is 15.0 Å². The van der Waals surface area contributed by atoms with Crippen LogP contribution in [0.5, 0.6) is 0 Å². The van der Waals surface area contributed by atoms with Crippen molar-refractivity contribution < 1.29 is 4.42 Å². The summed E-state index contributed by atoms with van der Waals surface area (Å²) in [5.74, 6) is 1.78. The third-order valence-electron chi connectivity index (χ3n) is 10.2. The lowest BCUT2D eigenvalue weighted by molar-refractivity contribution is 0.670. The molecule has 0 aliphatic heterocycles. The first-order valence-corrected chi connectivity index (χ1v) is 17.5. The van der Waals surface area contributed by atoms with Crippen LogP contribution in [0, 0.1) is 0 Å². The van der Waals surface area contributed by atoms with Crippen molar-refractivity contribution in [3.63, 3.8) is 0 Å². The number of hydrogen-bond donors (Lipinski definition) is 0. The van der Waals surface area contributed by atoms with E-state index in [1.165, 1.54) is 5.39 Å². The Morgan fingerprint density at radius 3 is 1.79 bits per heavy atom. The number of benzene rings is 8. The number of aromatic nitrogens is 4. The Morgan fingerprint density at radius 2 is 0.942 bits per heavy atom. The molecule has 0 saturated carbocycles. The summed E-state index contributed by atoms with van der Waals surface area (Å²) in [6.07, 6.45) is 0. The molecule has 0 radical (unpaired) electrons. The largest absolute Gasteiger partial charge is 0.455 e. The van der Waals surface area contributed by atoms with E-state index in [1.807, 2.05) is 0 Å². The van der Waals surface area contributed by atoms with E-state index in [1.54, 1.807) is 0 Å². The van der Waals surface area contributed by atoms with Gasteiger partial charge in [-0.2, -0.15) is 0 Å². The molecule has 0 N–H and O–H groups in total. The maximum Gasteiger partial charge on any atom is 0.167 e. The first kappa shape index (κ1) is 28.7. The van der Waals surface area contributed by atoms with Crippen molar-refractivity contribution in [2.75, 3.05) is 0 Å². The molecule has 5 nitrogen and oxygen atoms in total. The van der Waals surface area contributed by atoms with Gasteiger partial charge in [0, 0.05) is 38.4 Å². The summed E-state index contributed by atoms with van der Waals surface area (Å²) in [5.41, 5.74) is 7.62. The van der Waals surface area contributed by atoms with Crippen LogP contribution in [0.2, 0.25) is 0 Å². The molecule has 3 aromatic heterocycles. The lowest BCUT2D eigenvalue weighted by atomic mass is 10.0. The third kappa shape index (κ3) is 4.33. The van der Waals surface area contributed by atoms with E-state index >= 15 is 0 Å². The maximum absolute atomic E-state index is 6.68. The minimum Gasteiger partial charge on any atom is -0.455 e. The molecule has 0 spiro atoms. The van der Waals surface area contributed by atoms with Crippen molar-refractivity contribution in [3.05, 3.63) is 170 Å². The SMILES string of the molecule is c1ccc(-n2c3ccccc3c3c(-c4nc(-c5cccc6ccccc56)nc(-c5cccc6c5oc5cc7ccccc7cc56)n4)cccc32)cc1. The average molecular weight is 665 g/mol. The number of rotatable bonds is 4. The first-order chi connectivity index (χ1) is 25.8. The monoisotopic (exact) mass is 664 g/mol. The molecule has 0 fully saturated rings. The Kier molecular flexibility index (Phi) is 6.18. The normalized spacial score (nSPS) is 11.8. The quantitative estimate of drug-likeness (QED) is 0.188. The molecule has 0 atom stereocenters. The van der Waals surface area contributed by atoms with Gasteiger partial charge in [-0.05, 0) is 64.0 Å². The highest BCUT2D eigenvalue weighted by molar-refractivity contribution is 6.16. The van der Waals surface area contributed by atoms with Gasteiger partial charge in [-0.1, -0.05) is 127 Å². The zero-order valence-electron chi connectivity index (χ0n) is 27.9. The molecule has 5 heteroatoms. The molecule has 0 aliphatic rings. The summed E-state index contributed by atoms with van der Waals surface area (Å²) in [6.45, 7) is 0. The van der Waals surface area contributed by atoms with Crippen LogP contribution >= 0.6 is 0 Å². The summed E-state index contributed by atoms with van der Waals surface area (Å²) in [4.78, 5) is 15.8. The highest BCUT2D eigenvalue weighted by atomic mass is 16.3. The van der Waals surface area contributed by atoms with E-state index in [4.69, 9.17) is 19.4 Å². The van der Waals surface area contributed by atoms with Gasteiger partial charge in [0.25, 0.3) is 0 Å². The molecule has 52 heavy (non-hydrogen) atoms. The third-order valence-corrected chi connectivity index (χ3v) is 10.2. The van der Waals surface area contributed by atoms with Gasteiger partial charge in [0.15, 0.2) is 17.5 Å². The van der Waals surface area contributed by atoms with E-state index in [0.717, 1.165) is 82.3 Å². The molecule has 0 unspecified atom stereocenters. The summed E-state index contributed by atoms with van der Waals surface area (Å²) in [6, 6.07) is 59.1. The van der Waals surface area contributed by atoms with Crippen LogP contribution in [-0.4, -0.2) is 19.5 Å². The summed E-state index contributed by atoms with van der Waals surface area (Å²) in [7, 11) is 0. The smallest absolute Gasteiger partial charge is 0.167 e. The predicted molar refractivity (Wildman–Crippen MR) is 213 cm³/mol. The topological polar surface area (TPSA) is 56.7 Å². The predicted octanol–water partition coefficient (Wildman–Crippen LogP) is 12.2. The second-order valence-electron chi connectivity index (χ2n) is 13.2. The summed E-state index contributed by atoms with van der Waals surface area (Å²) >= 11 is 0. The summed E-state index contributed by atoms with van der Waals surface area (Å²) < 4.78 is 9.00. The fourth-order valence-corrected chi connectivity index (χ4v) is 7.88. The van der Waals surface area contributed by atoms with Crippen LogP contribution in [0.4, 0.5) is 0 Å². The summed E-state index contributed by atoms with van der Waals surface area (Å²) in [5, 5.41) is 8.85. The van der Waals surface area contributed by atoms with E-state index in [-0.39, 0.29) is 0 Å². The zero-order chi connectivity index (χ0) is 34.2. The van der Waals surface area contributed by atoms with Crippen LogP contribution in [0.15, 0.2) is 174 Å². The van der Waals surface area contributed by atoms with Crippen molar-refractivity contribution in [1.29, 1.82) is 0 Å². The van der Waals surface area contributed by atoms with Crippen LogP contribution in [-0.2, 0) is 0 Å². The van der Waals surface area contributed by atoms with Gasteiger partial charge in [-0.3, -0.25) is 0 Å². The minimum atomic E-state index is 0.561. The van der Waals surface area contributed by atoms with Crippen LogP contribution in [0.1, 0.15) is 0 Å². The Hall–Kier alpha value is -7.11. The molecule has 11 aromatic rings. The number of nitrogens with zero attached hydrogens (tertiary/aromatic N) is 4. The molecule has 11 rings (SSSR count). The van der Waals surface area contributed by atoms with Crippen LogP contribution in [0.3, 0.4) is 0 Å². The zero-order valence-corrected chi connectivity index (χ0v) is 27.9. The Balaban J connectivity index is 1.22. The average Bonchev–Trinajstić information content (AvgIpc) is 3.75. The molecular formula is C47H28N4O. The van der Waals surface area contributed by atoms with Crippen LogP contribution < -0.4 is 0 Å². The van der Waals surface area contributed by atoms with Gasteiger partial charge in [0.05, 0.1) is 16.6 Å². The van der Waals surface area contributed by atoms with Crippen molar-refractivity contribution in [3.8, 4) is 39.9 Å². The van der Waals surface area contributed by atoms with Crippen molar-refractivity contribution in [2.45, 2.75) is 0 Å². The van der Waals surface area contributed by atoms with E-state index in [9.17, 15) is 0 Å². The Labute approximate surface area is 298 Å². The lowest BCUT2D eigenvalue weighted by Crippen LogP contribution is -2.01. The highest BCUT2D eigenvalue weighted by Gasteiger charge is 2.22.